The van der Waals surface area contributed by atoms with E-state index in [9.17, 15) is 4.79 Å². The Morgan fingerprint density at radius 1 is 1.20 bits per heavy atom. The third-order valence-corrected chi connectivity index (χ3v) is 3.57. The Morgan fingerprint density at radius 2 is 1.90 bits per heavy atom. The summed E-state index contributed by atoms with van der Waals surface area (Å²) < 4.78 is 0. The molecule has 0 radical (unpaired) electrons. The van der Waals surface area contributed by atoms with E-state index in [0.29, 0.717) is 15.7 Å². The highest BCUT2D eigenvalue weighted by molar-refractivity contribution is 6.33. The second-order valence-corrected chi connectivity index (χ2v) is 5.30. The molecule has 2 aromatic rings. The minimum atomic E-state index is -0.660. The number of aryl methyl sites for hydroxylation is 1. The zero-order valence-electron chi connectivity index (χ0n) is 10.9. The van der Waals surface area contributed by atoms with Crippen molar-refractivity contribution >= 4 is 34.8 Å². The number of amides is 1. The molecule has 1 unspecified atom stereocenters. The Kier molecular flexibility index (Phi) is 4.53. The van der Waals surface area contributed by atoms with Crippen LogP contribution in [0.15, 0.2) is 42.5 Å². The summed E-state index contributed by atoms with van der Waals surface area (Å²) in [4.78, 5) is 11.7. The Bertz CT molecular complexity index is 644. The van der Waals surface area contributed by atoms with Crippen molar-refractivity contribution in [3.63, 3.8) is 0 Å². The van der Waals surface area contributed by atoms with Crippen LogP contribution in [0.4, 0.5) is 5.69 Å². The summed E-state index contributed by atoms with van der Waals surface area (Å²) in [5.74, 6) is -0.477. The van der Waals surface area contributed by atoms with Gasteiger partial charge < -0.3 is 11.1 Å². The molecule has 0 aliphatic carbocycles. The smallest absolute Gasteiger partial charge is 0.244 e. The summed E-state index contributed by atoms with van der Waals surface area (Å²) in [5.41, 5.74) is 7.82. The van der Waals surface area contributed by atoms with Crippen LogP contribution in [0.25, 0.3) is 0 Å². The molecule has 0 bridgehead atoms. The molecule has 0 aromatic heterocycles. The quantitative estimate of drug-likeness (QED) is 0.899. The Hall–Kier alpha value is -1.71. The molecule has 2 aromatic carbocycles. The van der Waals surface area contributed by atoms with Crippen molar-refractivity contribution in [3.05, 3.63) is 63.6 Å². The molecule has 0 aliphatic rings. The van der Waals surface area contributed by atoms with E-state index in [0.717, 1.165) is 11.1 Å². The van der Waals surface area contributed by atoms with Gasteiger partial charge in [-0.2, -0.15) is 0 Å². The lowest BCUT2D eigenvalue weighted by molar-refractivity contribution is -0.118. The molecule has 5 heteroatoms. The lowest BCUT2D eigenvalue weighted by atomic mass is 10.0. The van der Waals surface area contributed by atoms with Crippen molar-refractivity contribution in [1.82, 2.24) is 0 Å². The number of benzene rings is 2. The summed E-state index contributed by atoms with van der Waals surface area (Å²) >= 11 is 12.0. The minimum Gasteiger partial charge on any atom is -0.369 e. The van der Waals surface area contributed by atoms with E-state index in [1.54, 1.807) is 30.3 Å². The van der Waals surface area contributed by atoms with Gasteiger partial charge in [0.05, 0.1) is 10.7 Å². The van der Waals surface area contributed by atoms with Crippen LogP contribution in [0.2, 0.25) is 10.0 Å². The Morgan fingerprint density at radius 3 is 2.50 bits per heavy atom. The van der Waals surface area contributed by atoms with Crippen LogP contribution in [0.3, 0.4) is 0 Å². The van der Waals surface area contributed by atoms with E-state index in [1.807, 2.05) is 19.1 Å². The molecule has 0 spiro atoms. The van der Waals surface area contributed by atoms with Gasteiger partial charge >= 0.3 is 0 Å². The van der Waals surface area contributed by atoms with E-state index in [1.165, 1.54) is 0 Å². The molecule has 3 nitrogen and oxygen atoms in total. The number of hydrogen-bond donors (Lipinski definition) is 2. The molecule has 0 fully saturated rings. The fourth-order valence-electron chi connectivity index (χ4n) is 2.00. The first-order chi connectivity index (χ1) is 9.49. The van der Waals surface area contributed by atoms with E-state index >= 15 is 0 Å². The summed E-state index contributed by atoms with van der Waals surface area (Å²) in [6.07, 6.45) is 0. The molecule has 0 aliphatic heterocycles. The predicted octanol–water partition coefficient (Wildman–Crippen LogP) is 3.94. The molecule has 1 amide bonds. The van der Waals surface area contributed by atoms with Gasteiger partial charge in [-0.3, -0.25) is 4.79 Å². The zero-order valence-corrected chi connectivity index (χ0v) is 12.4. The normalized spacial score (nSPS) is 11.9. The lowest BCUT2D eigenvalue weighted by Gasteiger charge is -2.20. The van der Waals surface area contributed by atoms with Crippen LogP contribution in [0, 0.1) is 6.92 Å². The number of hydrogen-bond acceptors (Lipinski definition) is 2. The second-order valence-electron chi connectivity index (χ2n) is 4.46. The predicted molar refractivity (Wildman–Crippen MR) is 83.2 cm³/mol. The van der Waals surface area contributed by atoms with Crippen molar-refractivity contribution in [2.75, 3.05) is 5.32 Å². The number of primary amides is 1. The number of rotatable bonds is 4. The Labute approximate surface area is 127 Å². The summed E-state index contributed by atoms with van der Waals surface area (Å²) in [7, 11) is 0. The van der Waals surface area contributed by atoms with Crippen LogP contribution in [-0.4, -0.2) is 5.91 Å². The minimum absolute atomic E-state index is 0.477. The highest BCUT2D eigenvalue weighted by atomic mass is 35.5. The number of carbonyl (C=O) groups excluding carboxylic acids is 1. The van der Waals surface area contributed by atoms with Gasteiger partial charge in [0, 0.05) is 5.02 Å². The molecule has 0 heterocycles. The maximum atomic E-state index is 11.7. The molecule has 20 heavy (non-hydrogen) atoms. The average Bonchev–Trinajstić information content (AvgIpc) is 2.38. The highest BCUT2D eigenvalue weighted by Gasteiger charge is 2.20. The Balaban J connectivity index is 2.37. The van der Waals surface area contributed by atoms with Gasteiger partial charge in [0.15, 0.2) is 0 Å². The number of nitrogens with one attached hydrogen (secondary N) is 1. The van der Waals surface area contributed by atoms with Crippen molar-refractivity contribution in [1.29, 1.82) is 0 Å². The molecular weight excluding hydrogens is 295 g/mol. The number of anilines is 1. The number of halogens is 2. The van der Waals surface area contributed by atoms with Gasteiger partial charge in [-0.15, -0.1) is 0 Å². The molecule has 104 valence electrons. The van der Waals surface area contributed by atoms with Gasteiger partial charge in [-0.05, 0) is 42.3 Å². The lowest BCUT2D eigenvalue weighted by Crippen LogP contribution is -2.28. The molecule has 0 saturated heterocycles. The van der Waals surface area contributed by atoms with Crippen LogP contribution < -0.4 is 11.1 Å². The van der Waals surface area contributed by atoms with Crippen molar-refractivity contribution in [2.45, 2.75) is 13.0 Å². The first-order valence-corrected chi connectivity index (χ1v) is 6.81. The van der Waals surface area contributed by atoms with Gasteiger partial charge in [0.2, 0.25) is 5.91 Å². The van der Waals surface area contributed by atoms with Crippen LogP contribution in [0.1, 0.15) is 17.2 Å². The largest absolute Gasteiger partial charge is 0.369 e. The van der Waals surface area contributed by atoms with Crippen LogP contribution in [0.5, 0.6) is 0 Å². The molecular formula is C15H14Cl2N2O. The zero-order chi connectivity index (χ0) is 14.7. The highest BCUT2D eigenvalue weighted by Crippen LogP contribution is 2.28. The molecule has 0 saturated carbocycles. The first-order valence-electron chi connectivity index (χ1n) is 6.05. The maximum Gasteiger partial charge on any atom is 0.244 e. The van der Waals surface area contributed by atoms with Crippen LogP contribution in [-0.2, 0) is 4.79 Å². The molecule has 3 N–H and O–H groups in total. The number of para-hydroxylation sites is 1. The van der Waals surface area contributed by atoms with E-state index in [-0.39, 0.29) is 0 Å². The maximum absolute atomic E-state index is 11.7. The average molecular weight is 309 g/mol. The standard InChI is InChI=1S/C15H14Cl2N2O/c1-9-8-10(16)6-7-11(9)14(15(18)20)19-13-5-3-2-4-12(13)17/h2-8,14,19H,1H3,(H2,18,20). The third kappa shape index (κ3) is 3.24. The summed E-state index contributed by atoms with van der Waals surface area (Å²) in [6, 6.07) is 11.8. The van der Waals surface area contributed by atoms with Crippen molar-refractivity contribution in [3.8, 4) is 0 Å². The SMILES string of the molecule is Cc1cc(Cl)ccc1C(Nc1ccccc1Cl)C(N)=O. The molecule has 1 atom stereocenters. The number of nitrogens with two attached hydrogens (primary N) is 1. The second kappa shape index (κ2) is 6.16. The van der Waals surface area contributed by atoms with Crippen molar-refractivity contribution in [2.24, 2.45) is 5.73 Å². The summed E-state index contributed by atoms with van der Waals surface area (Å²) in [5, 5.41) is 4.22. The fourth-order valence-corrected chi connectivity index (χ4v) is 2.42. The third-order valence-electron chi connectivity index (χ3n) is 3.00. The van der Waals surface area contributed by atoms with E-state index in [4.69, 9.17) is 28.9 Å². The van der Waals surface area contributed by atoms with Crippen LogP contribution >= 0.6 is 23.2 Å². The van der Waals surface area contributed by atoms with Gasteiger partial charge in [0.25, 0.3) is 0 Å². The summed E-state index contributed by atoms with van der Waals surface area (Å²) in [6.45, 7) is 1.88. The van der Waals surface area contributed by atoms with Crippen molar-refractivity contribution < 1.29 is 4.79 Å². The first kappa shape index (κ1) is 14.7. The van der Waals surface area contributed by atoms with Gasteiger partial charge in [-0.25, -0.2) is 0 Å². The fraction of sp³-hybridized carbons (Fsp3) is 0.133. The monoisotopic (exact) mass is 308 g/mol. The topological polar surface area (TPSA) is 55.1 Å². The van der Waals surface area contributed by atoms with E-state index < -0.39 is 11.9 Å². The van der Waals surface area contributed by atoms with Gasteiger partial charge in [-0.1, -0.05) is 41.4 Å². The molecule has 2 rings (SSSR count). The van der Waals surface area contributed by atoms with E-state index in [2.05, 4.69) is 5.32 Å². The number of carbonyl (C=O) groups is 1. The van der Waals surface area contributed by atoms with Gasteiger partial charge in [0.1, 0.15) is 6.04 Å².